The first kappa shape index (κ1) is 14.3. The summed E-state index contributed by atoms with van der Waals surface area (Å²) in [7, 11) is 0. The van der Waals surface area contributed by atoms with Crippen LogP contribution < -0.4 is 9.47 Å². The number of carboxylic acids is 1. The number of hydrogen-bond donors (Lipinski definition) is 1. The summed E-state index contributed by atoms with van der Waals surface area (Å²) in [4.78, 5) is 11.1. The molecule has 0 radical (unpaired) electrons. The maximum absolute atomic E-state index is 11.1. The van der Waals surface area contributed by atoms with Gasteiger partial charge in [-0.1, -0.05) is 11.6 Å². The van der Waals surface area contributed by atoms with Gasteiger partial charge in [-0.15, -0.1) is 11.8 Å². The zero-order valence-electron chi connectivity index (χ0n) is 10.7. The van der Waals surface area contributed by atoms with Crippen LogP contribution in [0.2, 0.25) is 5.02 Å². The normalized spacial score (nSPS) is 14.3. The van der Waals surface area contributed by atoms with E-state index in [1.807, 2.05) is 6.07 Å². The van der Waals surface area contributed by atoms with Crippen molar-refractivity contribution < 1.29 is 19.4 Å². The standard InChI is InChI=1S/C13H15ClO4S/c1-13(2,12(15)16)19-7-8-5-9(14)11-10(6-8)17-3-4-18-11/h5-6H,3-4,7H2,1-2H3,(H,15,16). The van der Waals surface area contributed by atoms with Crippen LogP contribution in [0.25, 0.3) is 0 Å². The summed E-state index contributed by atoms with van der Waals surface area (Å²) in [5, 5.41) is 9.58. The van der Waals surface area contributed by atoms with E-state index in [2.05, 4.69) is 0 Å². The van der Waals surface area contributed by atoms with E-state index in [-0.39, 0.29) is 0 Å². The lowest BCUT2D eigenvalue weighted by Crippen LogP contribution is -2.27. The Kier molecular flexibility index (Phi) is 4.16. The predicted octanol–water partition coefficient (Wildman–Crippen LogP) is 3.21. The van der Waals surface area contributed by atoms with E-state index in [1.54, 1.807) is 19.9 Å². The van der Waals surface area contributed by atoms with Gasteiger partial charge in [0.05, 0.1) is 5.02 Å². The molecule has 0 aromatic heterocycles. The molecular weight excluding hydrogens is 288 g/mol. The molecule has 1 aliphatic rings. The number of benzene rings is 1. The molecule has 4 nitrogen and oxygen atoms in total. The molecule has 0 bridgehead atoms. The van der Waals surface area contributed by atoms with Gasteiger partial charge in [-0.2, -0.15) is 0 Å². The number of thioether (sulfide) groups is 1. The average Bonchev–Trinajstić information content (AvgIpc) is 2.36. The van der Waals surface area contributed by atoms with Crippen LogP contribution in [-0.4, -0.2) is 29.0 Å². The van der Waals surface area contributed by atoms with Crippen LogP contribution in [0.3, 0.4) is 0 Å². The second-order valence-electron chi connectivity index (χ2n) is 4.71. The first-order valence-corrected chi connectivity index (χ1v) is 7.22. The van der Waals surface area contributed by atoms with Crippen molar-refractivity contribution in [2.75, 3.05) is 13.2 Å². The Hall–Kier alpha value is -1.07. The molecular formula is C13H15ClO4S. The number of fused-ring (bicyclic) bond motifs is 1. The van der Waals surface area contributed by atoms with Gasteiger partial charge in [-0.3, -0.25) is 4.79 Å². The molecule has 0 amide bonds. The smallest absolute Gasteiger partial charge is 0.319 e. The Balaban J connectivity index is 2.14. The highest BCUT2D eigenvalue weighted by atomic mass is 35.5. The molecule has 6 heteroatoms. The zero-order chi connectivity index (χ0) is 14.0. The van der Waals surface area contributed by atoms with Crippen molar-refractivity contribution in [3.8, 4) is 11.5 Å². The largest absolute Gasteiger partial charge is 0.486 e. The molecule has 0 saturated heterocycles. The van der Waals surface area contributed by atoms with Crippen molar-refractivity contribution >= 4 is 29.3 Å². The van der Waals surface area contributed by atoms with Crippen LogP contribution >= 0.6 is 23.4 Å². The van der Waals surface area contributed by atoms with Crippen LogP contribution in [0.1, 0.15) is 19.4 Å². The number of ether oxygens (including phenoxy) is 2. The van der Waals surface area contributed by atoms with Gasteiger partial charge >= 0.3 is 5.97 Å². The van der Waals surface area contributed by atoms with Crippen molar-refractivity contribution in [2.24, 2.45) is 0 Å². The lowest BCUT2D eigenvalue weighted by atomic mass is 10.2. The summed E-state index contributed by atoms with van der Waals surface area (Å²) in [5.41, 5.74) is 0.925. The fourth-order valence-corrected chi connectivity index (χ4v) is 2.68. The van der Waals surface area contributed by atoms with Crippen LogP contribution in [0.15, 0.2) is 12.1 Å². The third kappa shape index (κ3) is 3.28. The molecule has 1 N–H and O–H groups in total. The van der Waals surface area contributed by atoms with Crippen molar-refractivity contribution in [2.45, 2.75) is 24.3 Å². The third-order valence-electron chi connectivity index (χ3n) is 2.77. The van der Waals surface area contributed by atoms with E-state index in [0.29, 0.717) is 35.5 Å². The third-order valence-corrected chi connectivity index (χ3v) is 4.43. The van der Waals surface area contributed by atoms with Gasteiger partial charge in [-0.05, 0) is 31.5 Å². The van der Waals surface area contributed by atoms with Crippen LogP contribution in [0.5, 0.6) is 11.5 Å². The highest BCUT2D eigenvalue weighted by Crippen LogP contribution is 2.40. The number of rotatable bonds is 4. The second-order valence-corrected chi connectivity index (χ2v) is 6.71. The molecule has 0 saturated carbocycles. The van der Waals surface area contributed by atoms with Crippen LogP contribution in [0.4, 0.5) is 0 Å². The lowest BCUT2D eigenvalue weighted by molar-refractivity contribution is -0.138. The molecule has 0 fully saturated rings. The van der Waals surface area contributed by atoms with Crippen LogP contribution in [0, 0.1) is 0 Å². The maximum atomic E-state index is 11.1. The summed E-state index contributed by atoms with van der Waals surface area (Å²) in [5.74, 6) is 0.915. The zero-order valence-corrected chi connectivity index (χ0v) is 12.3. The van der Waals surface area contributed by atoms with E-state index in [9.17, 15) is 4.79 Å². The Morgan fingerprint density at radius 1 is 1.42 bits per heavy atom. The highest BCUT2D eigenvalue weighted by Gasteiger charge is 2.28. The molecule has 0 atom stereocenters. The van der Waals surface area contributed by atoms with Gasteiger partial charge in [0.2, 0.25) is 0 Å². The minimum atomic E-state index is -0.834. The molecule has 1 heterocycles. The molecule has 0 spiro atoms. The Morgan fingerprint density at radius 3 is 2.79 bits per heavy atom. The number of carbonyl (C=O) groups is 1. The summed E-state index contributed by atoms with van der Waals surface area (Å²) in [6.07, 6.45) is 0. The van der Waals surface area contributed by atoms with Gasteiger partial charge < -0.3 is 14.6 Å². The number of hydrogen-bond acceptors (Lipinski definition) is 4. The van der Waals surface area contributed by atoms with Crippen molar-refractivity contribution in [1.29, 1.82) is 0 Å². The molecule has 0 unspecified atom stereocenters. The number of halogens is 1. The Labute approximate surface area is 121 Å². The first-order valence-electron chi connectivity index (χ1n) is 5.85. The van der Waals surface area contributed by atoms with Gasteiger partial charge in [0, 0.05) is 5.75 Å². The summed E-state index contributed by atoms with van der Waals surface area (Å²) >= 11 is 7.47. The van der Waals surface area contributed by atoms with E-state index < -0.39 is 10.7 Å². The van der Waals surface area contributed by atoms with E-state index in [0.717, 1.165) is 5.56 Å². The molecule has 1 aromatic carbocycles. The van der Waals surface area contributed by atoms with Gasteiger partial charge in [0.1, 0.15) is 18.0 Å². The summed E-state index contributed by atoms with van der Waals surface area (Å²) in [6.45, 7) is 4.35. The van der Waals surface area contributed by atoms with Gasteiger partial charge in [0.25, 0.3) is 0 Å². The molecule has 104 valence electrons. The quantitative estimate of drug-likeness (QED) is 0.925. The molecule has 1 aliphatic heterocycles. The Morgan fingerprint density at radius 2 is 2.11 bits per heavy atom. The van der Waals surface area contributed by atoms with Gasteiger partial charge in [0.15, 0.2) is 11.5 Å². The van der Waals surface area contributed by atoms with E-state index >= 15 is 0 Å². The summed E-state index contributed by atoms with van der Waals surface area (Å²) < 4.78 is 10.1. The van der Waals surface area contributed by atoms with Crippen LogP contribution in [-0.2, 0) is 10.5 Å². The fraction of sp³-hybridized carbons (Fsp3) is 0.462. The fourth-order valence-electron chi connectivity index (χ4n) is 1.57. The van der Waals surface area contributed by atoms with Crippen molar-refractivity contribution in [3.63, 3.8) is 0 Å². The van der Waals surface area contributed by atoms with Crippen molar-refractivity contribution in [1.82, 2.24) is 0 Å². The first-order chi connectivity index (χ1) is 8.90. The predicted molar refractivity (Wildman–Crippen MR) is 75.5 cm³/mol. The van der Waals surface area contributed by atoms with Crippen molar-refractivity contribution in [3.05, 3.63) is 22.7 Å². The minimum absolute atomic E-state index is 0.493. The number of aliphatic carboxylic acids is 1. The lowest BCUT2D eigenvalue weighted by Gasteiger charge is -2.22. The average molecular weight is 303 g/mol. The number of carboxylic acid groups (broad SMARTS) is 1. The Bertz CT molecular complexity index is 502. The van der Waals surface area contributed by atoms with Gasteiger partial charge in [-0.25, -0.2) is 0 Å². The topological polar surface area (TPSA) is 55.8 Å². The van der Waals surface area contributed by atoms with E-state index in [4.69, 9.17) is 26.2 Å². The monoisotopic (exact) mass is 302 g/mol. The SMILES string of the molecule is CC(C)(SCc1cc(Cl)c2c(c1)OCCO2)C(=O)O. The molecule has 19 heavy (non-hydrogen) atoms. The highest BCUT2D eigenvalue weighted by molar-refractivity contribution is 8.00. The summed E-state index contributed by atoms with van der Waals surface area (Å²) in [6, 6.07) is 3.64. The molecule has 1 aromatic rings. The maximum Gasteiger partial charge on any atom is 0.319 e. The minimum Gasteiger partial charge on any atom is -0.486 e. The molecule has 0 aliphatic carbocycles. The molecule has 2 rings (SSSR count). The van der Waals surface area contributed by atoms with E-state index in [1.165, 1.54) is 11.8 Å². The second kappa shape index (κ2) is 5.51.